The van der Waals surface area contributed by atoms with Gasteiger partial charge in [0, 0.05) is 43.3 Å². The maximum Gasteiger partial charge on any atom is 0.246 e. The van der Waals surface area contributed by atoms with Gasteiger partial charge in [-0.25, -0.2) is 0 Å². The summed E-state index contributed by atoms with van der Waals surface area (Å²) < 4.78 is 37.8. The lowest BCUT2D eigenvalue weighted by molar-refractivity contribution is -0.134. The number of anilines is 2. The number of hydrogen-bond donors (Lipinski definition) is 5. The van der Waals surface area contributed by atoms with E-state index in [1.165, 1.54) is 6.92 Å². The molecule has 1 radical (unpaired) electrons. The molecule has 0 aliphatic carbocycles. The van der Waals surface area contributed by atoms with E-state index in [0.29, 0.717) is 83.0 Å². The number of carbonyl (C=O) groups excluding carboxylic acids is 6. The number of fused-ring (bicyclic) bond motifs is 2. The van der Waals surface area contributed by atoms with E-state index in [2.05, 4.69) is 45.3 Å². The zero-order valence-corrected chi connectivity index (χ0v) is 41.9. The fourth-order valence-corrected chi connectivity index (χ4v) is 6.91. The molecule has 1 heterocycles. The highest BCUT2D eigenvalue weighted by atomic mass is 16.6. The first-order valence-electron chi connectivity index (χ1n) is 24.2. The molecular weight excluding hydrogens is 929 g/mol. The summed E-state index contributed by atoms with van der Waals surface area (Å²) in [5.74, 6) is 2.43. The molecule has 0 aromatic heterocycles. The predicted molar refractivity (Wildman–Crippen MR) is 270 cm³/mol. The molecule has 19 heteroatoms. The van der Waals surface area contributed by atoms with Gasteiger partial charge in [-0.1, -0.05) is 68.2 Å². The maximum absolute atomic E-state index is 13.9. The van der Waals surface area contributed by atoms with Crippen LogP contribution in [0.3, 0.4) is 0 Å². The van der Waals surface area contributed by atoms with Gasteiger partial charge in [0.15, 0.2) is 0 Å². The van der Waals surface area contributed by atoms with Crippen molar-refractivity contribution < 1.29 is 61.9 Å². The third-order valence-electron chi connectivity index (χ3n) is 10.9. The van der Waals surface area contributed by atoms with Gasteiger partial charge in [-0.15, -0.1) is 0 Å². The van der Waals surface area contributed by atoms with Crippen LogP contribution in [0, 0.1) is 24.7 Å². The molecule has 5 N–H and O–H groups in total. The minimum atomic E-state index is -1.39. The van der Waals surface area contributed by atoms with Crippen molar-refractivity contribution in [3.05, 3.63) is 102 Å². The molecule has 0 saturated heterocycles. The average Bonchev–Trinajstić information content (AvgIpc) is 3.36. The van der Waals surface area contributed by atoms with Gasteiger partial charge in [0.1, 0.15) is 18.1 Å². The van der Waals surface area contributed by atoms with Crippen LogP contribution < -0.4 is 31.5 Å². The van der Waals surface area contributed by atoms with Crippen molar-refractivity contribution in [3.8, 4) is 11.8 Å². The Morgan fingerprint density at radius 1 is 0.597 bits per heavy atom. The van der Waals surface area contributed by atoms with Crippen LogP contribution in [0.15, 0.2) is 72.8 Å². The van der Waals surface area contributed by atoms with E-state index in [0.717, 1.165) is 16.7 Å². The van der Waals surface area contributed by atoms with E-state index in [9.17, 15) is 28.8 Å². The second kappa shape index (κ2) is 33.4. The highest BCUT2D eigenvalue weighted by Crippen LogP contribution is 2.26. The van der Waals surface area contributed by atoms with E-state index >= 15 is 0 Å². The van der Waals surface area contributed by atoms with Crippen molar-refractivity contribution in [3.63, 3.8) is 0 Å². The fraction of sp³-hybridized carbons (Fsp3) is 0.491. The van der Waals surface area contributed by atoms with Gasteiger partial charge in [0.2, 0.25) is 35.4 Å². The highest BCUT2D eigenvalue weighted by molar-refractivity contribution is 6.00. The summed E-state index contributed by atoms with van der Waals surface area (Å²) >= 11 is 0. The number of rotatable bonds is 34. The van der Waals surface area contributed by atoms with Crippen LogP contribution >= 0.6 is 0 Å². The number of benzene rings is 3. The van der Waals surface area contributed by atoms with Crippen molar-refractivity contribution >= 4 is 46.8 Å². The first-order valence-corrected chi connectivity index (χ1v) is 24.2. The molecule has 0 bridgehead atoms. The van der Waals surface area contributed by atoms with Crippen LogP contribution in [0.1, 0.15) is 62.3 Å². The SMILES string of the molecule is [CH2]c1ccc(NC(=O)[C@H](C)NC(=O)[C@@H](NC(=O)C[C@H](NC(=O)CCC(=O)N2Cc3ccccc3C#Cc3ccccc32)C(=O)NCCOCCOCCOCCOCCOCCOCCOC)C(C)C)cc1. The topological polar surface area (TPSA) is 230 Å². The molecular formula is C53H71N6O13. The molecule has 3 aromatic carbocycles. The smallest absolute Gasteiger partial charge is 0.246 e. The number of methoxy groups -OCH3 is 1. The third kappa shape index (κ3) is 22.0. The van der Waals surface area contributed by atoms with E-state index in [1.54, 1.807) is 56.2 Å². The molecule has 6 amide bonds. The molecule has 3 atom stereocenters. The standard InChI is InChI=1S/C53H71N6O13/c1-38(2)50(53(65)55-40(4)51(63)56-44-18-14-39(3)15-19-44)58-48(61)36-45(52(64)54-22-23-67-26-27-69-30-31-71-34-35-72-33-32-70-29-28-68-25-24-66-5)57-47(60)20-21-49(62)59-37-43-12-7-6-10-41(43)16-17-42-11-8-9-13-46(42)59/h6-15,18-19,38,40,45,50H,3,20-37H2,1-2,4-5H3,(H,54,64)(H,55,65)(H,56,63)(H,57,60)(H,58,61)/t40-,45-,50-/m0/s1. The molecule has 0 fully saturated rings. The van der Waals surface area contributed by atoms with E-state index in [4.69, 9.17) is 33.2 Å². The number of ether oxygens (including phenoxy) is 7. The van der Waals surface area contributed by atoms with Gasteiger partial charge < -0.3 is 64.6 Å². The summed E-state index contributed by atoms with van der Waals surface area (Å²) in [5.41, 5.74) is 4.19. The number of carbonyl (C=O) groups is 6. The molecule has 72 heavy (non-hydrogen) atoms. The molecule has 0 unspecified atom stereocenters. The summed E-state index contributed by atoms with van der Waals surface area (Å²) in [6.45, 7) is 14.2. The van der Waals surface area contributed by atoms with Crippen LogP contribution in [0.2, 0.25) is 0 Å². The molecule has 19 nitrogen and oxygen atoms in total. The third-order valence-corrected chi connectivity index (χ3v) is 10.9. The molecule has 1 aliphatic heterocycles. The molecule has 0 spiro atoms. The number of nitrogens with zero attached hydrogens (tertiary/aromatic N) is 1. The number of amides is 6. The normalized spacial score (nSPS) is 12.9. The lowest BCUT2D eigenvalue weighted by Crippen LogP contribution is -2.55. The van der Waals surface area contributed by atoms with Crippen LogP contribution in [0.5, 0.6) is 0 Å². The summed E-state index contributed by atoms with van der Waals surface area (Å²) in [4.78, 5) is 82.6. The summed E-state index contributed by atoms with van der Waals surface area (Å²) in [5, 5.41) is 13.4. The van der Waals surface area contributed by atoms with Crippen LogP contribution in [-0.2, 0) is 68.5 Å². The summed E-state index contributed by atoms with van der Waals surface area (Å²) in [6, 6.07) is 18.2. The van der Waals surface area contributed by atoms with Crippen LogP contribution in [0.25, 0.3) is 0 Å². The molecule has 4 rings (SSSR count). The monoisotopic (exact) mass is 1000 g/mol. The first kappa shape index (κ1) is 58.3. The highest BCUT2D eigenvalue weighted by Gasteiger charge is 2.31. The summed E-state index contributed by atoms with van der Waals surface area (Å²) in [7, 11) is 1.62. The fourth-order valence-electron chi connectivity index (χ4n) is 6.91. The lowest BCUT2D eigenvalue weighted by Gasteiger charge is -2.26. The van der Waals surface area contributed by atoms with Crippen LogP contribution in [-0.4, -0.2) is 153 Å². The lowest BCUT2D eigenvalue weighted by atomic mass is 10.0. The molecule has 3 aromatic rings. The first-order chi connectivity index (χ1) is 34.9. The number of para-hydroxylation sites is 1. The van der Waals surface area contributed by atoms with E-state index < -0.39 is 60.0 Å². The molecule has 1 aliphatic rings. The predicted octanol–water partition coefficient (Wildman–Crippen LogP) is 2.92. The largest absolute Gasteiger partial charge is 0.382 e. The number of hydrogen-bond acceptors (Lipinski definition) is 13. The van der Waals surface area contributed by atoms with E-state index in [-0.39, 0.29) is 51.7 Å². The second-order valence-corrected chi connectivity index (χ2v) is 16.9. The number of nitrogens with one attached hydrogen (secondary N) is 5. The average molecular weight is 1000 g/mol. The second-order valence-electron chi connectivity index (χ2n) is 16.9. The Bertz CT molecular complexity index is 2230. The van der Waals surface area contributed by atoms with Crippen molar-refractivity contribution in [1.29, 1.82) is 0 Å². The van der Waals surface area contributed by atoms with Crippen molar-refractivity contribution in [2.24, 2.45) is 5.92 Å². The maximum atomic E-state index is 13.9. The van der Waals surface area contributed by atoms with Crippen molar-refractivity contribution in [1.82, 2.24) is 21.3 Å². The van der Waals surface area contributed by atoms with Gasteiger partial charge in [-0.05, 0) is 61.2 Å². The molecule has 0 saturated carbocycles. The Kier molecular flexibility index (Phi) is 27.1. The molecule has 391 valence electrons. The zero-order valence-electron chi connectivity index (χ0n) is 41.9. The van der Waals surface area contributed by atoms with Crippen LogP contribution in [0.4, 0.5) is 11.4 Å². The Balaban J connectivity index is 1.25. The van der Waals surface area contributed by atoms with Gasteiger partial charge in [-0.3, -0.25) is 28.8 Å². The van der Waals surface area contributed by atoms with Gasteiger partial charge in [0.05, 0.1) is 105 Å². The summed E-state index contributed by atoms with van der Waals surface area (Å²) in [6.07, 6.45) is -1.05. The Morgan fingerprint density at radius 3 is 1.74 bits per heavy atom. The van der Waals surface area contributed by atoms with Gasteiger partial charge in [0.25, 0.3) is 0 Å². The zero-order chi connectivity index (χ0) is 51.9. The quantitative estimate of drug-likeness (QED) is 0.0429. The Morgan fingerprint density at radius 2 is 1.14 bits per heavy atom. The van der Waals surface area contributed by atoms with E-state index in [1.807, 2.05) is 42.5 Å². The minimum Gasteiger partial charge on any atom is -0.382 e. The van der Waals surface area contributed by atoms with Crippen molar-refractivity contribution in [2.75, 3.05) is 110 Å². The Labute approximate surface area is 423 Å². The van der Waals surface area contributed by atoms with Crippen molar-refractivity contribution in [2.45, 2.75) is 64.7 Å². The Hall–Kier alpha value is -6.24. The van der Waals surface area contributed by atoms with Gasteiger partial charge in [-0.2, -0.15) is 0 Å². The van der Waals surface area contributed by atoms with Gasteiger partial charge >= 0.3 is 0 Å². The minimum absolute atomic E-state index is 0.0385.